The van der Waals surface area contributed by atoms with Crippen molar-refractivity contribution in [2.45, 2.75) is 123 Å². The van der Waals surface area contributed by atoms with E-state index < -0.39 is 0 Å². The molecule has 0 aromatic rings. The minimum atomic E-state index is 0.361. The highest BCUT2D eigenvalue weighted by molar-refractivity contribution is 5.08. The van der Waals surface area contributed by atoms with Gasteiger partial charge in [0.15, 0.2) is 0 Å². The van der Waals surface area contributed by atoms with E-state index >= 15 is 0 Å². The van der Waals surface area contributed by atoms with Gasteiger partial charge >= 0.3 is 0 Å². The van der Waals surface area contributed by atoms with Crippen LogP contribution in [0.4, 0.5) is 0 Å². The lowest BCUT2D eigenvalue weighted by molar-refractivity contribution is -0.130. The molecule has 3 heteroatoms. The normalized spacial score (nSPS) is 39.4. The highest BCUT2D eigenvalue weighted by atomic mass is 15.3. The number of hydrogen-bond acceptors (Lipinski definition) is 3. The third kappa shape index (κ3) is 4.32. The molecule has 0 aromatic heterocycles. The average molecular weight is 470 g/mol. The number of nitrogens with zero attached hydrogens (tertiary/aromatic N) is 3. The average Bonchev–Trinajstić information content (AvgIpc) is 3.29. The zero-order chi connectivity index (χ0) is 23.9. The van der Waals surface area contributed by atoms with Gasteiger partial charge in [-0.15, -0.1) is 0 Å². The summed E-state index contributed by atoms with van der Waals surface area (Å²) in [4.78, 5) is 8.60. The standard InChI is InChI=1S/C31H55N3/c1-28(2,3)25-7-9-31(10-8-25)21-33(22-31)27-17-30(18-27)11-13-32(14-12-30)26-15-23-19-34(29(4,5)6)20-24(23)16-26/h23-27H,7-22H2,1-6H3. The zero-order valence-corrected chi connectivity index (χ0v) is 23.5. The summed E-state index contributed by atoms with van der Waals surface area (Å²) >= 11 is 0. The van der Waals surface area contributed by atoms with Gasteiger partial charge in [0.05, 0.1) is 0 Å². The van der Waals surface area contributed by atoms with E-state index in [0.29, 0.717) is 11.0 Å². The van der Waals surface area contributed by atoms with E-state index in [1.807, 2.05) is 0 Å². The van der Waals surface area contributed by atoms with Crippen molar-refractivity contribution in [3.05, 3.63) is 0 Å². The summed E-state index contributed by atoms with van der Waals surface area (Å²) in [5, 5.41) is 0. The van der Waals surface area contributed by atoms with Crippen LogP contribution in [0, 0.1) is 34.0 Å². The second-order valence-corrected chi connectivity index (χ2v) is 16.4. The van der Waals surface area contributed by atoms with Crippen LogP contribution in [-0.4, -0.2) is 71.6 Å². The Labute approximate surface area is 211 Å². The van der Waals surface area contributed by atoms with Gasteiger partial charge in [0.2, 0.25) is 0 Å². The van der Waals surface area contributed by atoms with Crippen molar-refractivity contribution in [2.24, 2.45) is 34.0 Å². The third-order valence-electron chi connectivity index (χ3n) is 12.3. The fourth-order valence-corrected chi connectivity index (χ4v) is 9.57. The van der Waals surface area contributed by atoms with E-state index in [4.69, 9.17) is 0 Å². The molecule has 0 radical (unpaired) electrons. The molecule has 34 heavy (non-hydrogen) atoms. The number of likely N-dealkylation sites (tertiary alicyclic amines) is 3. The first-order chi connectivity index (χ1) is 15.9. The molecule has 0 N–H and O–H groups in total. The lowest BCUT2D eigenvalue weighted by Crippen LogP contribution is -2.66. The Morgan fingerprint density at radius 3 is 1.71 bits per heavy atom. The molecule has 0 bridgehead atoms. The van der Waals surface area contributed by atoms with Crippen LogP contribution in [0.2, 0.25) is 0 Å². The minimum absolute atomic E-state index is 0.361. The summed E-state index contributed by atoms with van der Waals surface area (Å²) in [6.07, 6.45) is 15.0. The molecule has 3 saturated heterocycles. The second-order valence-electron chi connectivity index (χ2n) is 16.4. The van der Waals surface area contributed by atoms with Crippen LogP contribution in [0.5, 0.6) is 0 Å². The first kappa shape index (κ1) is 24.2. The summed E-state index contributed by atoms with van der Waals surface area (Å²) in [5.74, 6) is 2.91. The maximum atomic E-state index is 2.94. The van der Waals surface area contributed by atoms with Gasteiger partial charge in [-0.25, -0.2) is 0 Å². The molecule has 0 aromatic carbocycles. The summed E-state index contributed by atoms with van der Waals surface area (Å²) in [6, 6.07) is 1.84. The molecule has 2 spiro atoms. The molecule has 0 amide bonds. The molecular formula is C31H55N3. The van der Waals surface area contributed by atoms with Crippen LogP contribution < -0.4 is 0 Å². The Kier molecular flexibility index (Phi) is 5.84. The monoisotopic (exact) mass is 469 g/mol. The van der Waals surface area contributed by atoms with E-state index in [0.717, 1.165) is 40.7 Å². The van der Waals surface area contributed by atoms with Gasteiger partial charge in [0.25, 0.3) is 0 Å². The van der Waals surface area contributed by atoms with Crippen molar-refractivity contribution in [3.63, 3.8) is 0 Å². The number of hydrogen-bond donors (Lipinski definition) is 0. The van der Waals surface area contributed by atoms with Gasteiger partial charge in [-0.1, -0.05) is 20.8 Å². The maximum Gasteiger partial charge on any atom is 0.0125 e. The molecule has 3 aliphatic carbocycles. The summed E-state index contributed by atoms with van der Waals surface area (Å²) < 4.78 is 0. The van der Waals surface area contributed by atoms with E-state index in [2.05, 4.69) is 56.2 Å². The minimum Gasteiger partial charge on any atom is -0.300 e. The van der Waals surface area contributed by atoms with Crippen molar-refractivity contribution in [3.8, 4) is 0 Å². The van der Waals surface area contributed by atoms with Crippen LogP contribution in [0.1, 0.15) is 106 Å². The highest BCUT2D eigenvalue weighted by Gasteiger charge is 2.55. The van der Waals surface area contributed by atoms with E-state index in [1.165, 1.54) is 103 Å². The van der Waals surface area contributed by atoms with Crippen LogP contribution in [-0.2, 0) is 0 Å². The molecule has 194 valence electrons. The number of rotatable bonds is 2. The van der Waals surface area contributed by atoms with Crippen LogP contribution in [0.15, 0.2) is 0 Å². The number of fused-ring (bicyclic) bond motifs is 1. The molecule has 2 atom stereocenters. The van der Waals surface area contributed by atoms with Crippen LogP contribution in [0.25, 0.3) is 0 Å². The van der Waals surface area contributed by atoms with E-state index in [-0.39, 0.29) is 0 Å². The molecule has 6 fully saturated rings. The van der Waals surface area contributed by atoms with Gasteiger partial charge < -0.3 is 4.90 Å². The lowest BCUT2D eigenvalue weighted by Gasteiger charge is -2.63. The van der Waals surface area contributed by atoms with Crippen molar-refractivity contribution in [2.75, 3.05) is 39.3 Å². The van der Waals surface area contributed by atoms with Gasteiger partial charge in [0, 0.05) is 43.8 Å². The van der Waals surface area contributed by atoms with Gasteiger partial charge in [0.1, 0.15) is 0 Å². The van der Waals surface area contributed by atoms with Gasteiger partial charge in [-0.05, 0) is 132 Å². The third-order valence-corrected chi connectivity index (χ3v) is 12.3. The Bertz CT molecular complexity index is 714. The smallest absolute Gasteiger partial charge is 0.0125 e. The molecule has 6 rings (SSSR count). The summed E-state index contributed by atoms with van der Waals surface area (Å²) in [6.45, 7) is 23.0. The van der Waals surface area contributed by atoms with Crippen molar-refractivity contribution in [1.29, 1.82) is 0 Å². The summed E-state index contributed by atoms with van der Waals surface area (Å²) in [5.41, 5.74) is 2.33. The molecular weight excluding hydrogens is 414 g/mol. The molecule has 6 aliphatic rings. The molecule has 3 nitrogen and oxygen atoms in total. The predicted octanol–water partition coefficient (Wildman–Crippen LogP) is 6.28. The molecule has 2 unspecified atom stereocenters. The van der Waals surface area contributed by atoms with E-state index in [9.17, 15) is 0 Å². The quantitative estimate of drug-likeness (QED) is 0.471. The first-order valence-corrected chi connectivity index (χ1v) is 15.2. The second kappa shape index (κ2) is 8.19. The van der Waals surface area contributed by atoms with Crippen molar-refractivity contribution < 1.29 is 0 Å². The molecule has 3 aliphatic heterocycles. The van der Waals surface area contributed by atoms with E-state index in [1.54, 1.807) is 0 Å². The largest absolute Gasteiger partial charge is 0.300 e. The predicted molar refractivity (Wildman–Crippen MR) is 143 cm³/mol. The van der Waals surface area contributed by atoms with Gasteiger partial charge in [-0.3, -0.25) is 9.80 Å². The lowest BCUT2D eigenvalue weighted by atomic mass is 9.56. The van der Waals surface area contributed by atoms with Crippen LogP contribution >= 0.6 is 0 Å². The van der Waals surface area contributed by atoms with Crippen molar-refractivity contribution >= 4 is 0 Å². The fourth-order valence-electron chi connectivity index (χ4n) is 9.57. The first-order valence-electron chi connectivity index (χ1n) is 15.2. The summed E-state index contributed by atoms with van der Waals surface area (Å²) in [7, 11) is 0. The SMILES string of the molecule is CC(C)(C)C1CCC2(CC1)CN(C1CC3(CCN(C4CC5CN(C(C)(C)C)CC5C4)CC3)C1)C2. The Morgan fingerprint density at radius 1 is 0.647 bits per heavy atom. The Morgan fingerprint density at radius 2 is 1.21 bits per heavy atom. The highest BCUT2D eigenvalue weighted by Crippen LogP contribution is 2.56. The zero-order valence-electron chi connectivity index (χ0n) is 23.5. The Hall–Kier alpha value is -0.120. The van der Waals surface area contributed by atoms with Crippen LogP contribution in [0.3, 0.4) is 0 Å². The maximum absolute atomic E-state index is 2.94. The molecule has 3 saturated carbocycles. The fraction of sp³-hybridized carbons (Fsp3) is 1.00. The Balaban J connectivity index is 0.920. The van der Waals surface area contributed by atoms with Gasteiger partial charge in [-0.2, -0.15) is 0 Å². The number of piperidine rings is 1. The topological polar surface area (TPSA) is 9.72 Å². The molecule has 3 heterocycles. The van der Waals surface area contributed by atoms with Crippen molar-refractivity contribution in [1.82, 2.24) is 14.7 Å².